The number of nitrogens with one attached hydrogen (secondary N) is 1. The van der Waals surface area contributed by atoms with Crippen molar-refractivity contribution >= 4 is 44.7 Å². The molecule has 0 spiro atoms. The van der Waals surface area contributed by atoms with Gasteiger partial charge < -0.3 is 44.3 Å². The molecule has 6 aromatic rings. The fraction of sp³-hybridized carbons (Fsp3) is 0.429. The molecule has 2 aliphatic heterocycles. The molecule has 0 saturated carbocycles. The number of carbonyl (C=O) groups is 3. The van der Waals surface area contributed by atoms with Gasteiger partial charge in [-0.05, 0) is 157 Å². The number of ether oxygens (including phenoxy) is 4. The predicted octanol–water partition coefficient (Wildman–Crippen LogP) is 10.1. The summed E-state index contributed by atoms with van der Waals surface area (Å²) in [6, 6.07) is 18.1. The van der Waals surface area contributed by atoms with Gasteiger partial charge in [0, 0.05) is 110 Å². The van der Waals surface area contributed by atoms with Crippen LogP contribution in [0.5, 0.6) is 17.2 Å². The molecule has 0 amide bonds. The van der Waals surface area contributed by atoms with Crippen LogP contribution in [0.25, 0.3) is 0 Å². The van der Waals surface area contributed by atoms with Gasteiger partial charge in [0.2, 0.25) is 0 Å². The van der Waals surface area contributed by atoms with Gasteiger partial charge in [-0.2, -0.15) is 26.3 Å². The second-order valence-corrected chi connectivity index (χ2v) is 23.4. The van der Waals surface area contributed by atoms with Crippen LogP contribution in [0.2, 0.25) is 0 Å². The van der Waals surface area contributed by atoms with E-state index in [-0.39, 0.29) is 41.3 Å². The molecule has 11 rings (SSSR count). The van der Waals surface area contributed by atoms with Crippen LogP contribution < -0.4 is 29.3 Å². The number of anilines is 2. The smallest absolute Gasteiger partial charge is 0.422 e. The lowest BCUT2D eigenvalue weighted by atomic mass is 9.93. The lowest BCUT2D eigenvalue weighted by Crippen LogP contribution is -2.43. The monoisotopic (exact) mass is 1240 g/mol. The topological polar surface area (TPSA) is 186 Å². The number of carbonyl (C=O) groups excluding carboxylic acids is 3. The number of benzene rings is 3. The molecule has 5 aliphatic rings. The number of morpholine rings is 1. The number of pyridine rings is 3. The highest BCUT2D eigenvalue weighted by atomic mass is 79.9. The van der Waals surface area contributed by atoms with E-state index >= 15 is 0 Å². The number of rotatable bonds is 13. The molecule has 15 nitrogen and oxygen atoms in total. The van der Waals surface area contributed by atoms with E-state index in [4.69, 9.17) is 18.9 Å². The number of ketones is 3. The van der Waals surface area contributed by atoms with Crippen molar-refractivity contribution in [1.82, 2.24) is 20.3 Å². The predicted molar refractivity (Wildman–Crippen MR) is 309 cm³/mol. The second-order valence-electron chi connectivity index (χ2n) is 22.5. The molecule has 0 bridgehead atoms. The van der Waals surface area contributed by atoms with Gasteiger partial charge in [0.15, 0.2) is 23.0 Å². The van der Waals surface area contributed by atoms with Crippen LogP contribution in [0.1, 0.15) is 102 Å². The number of nitrogens with zero attached hydrogens (tertiary/aromatic N) is 5. The van der Waals surface area contributed by atoms with E-state index in [0.29, 0.717) is 80.4 Å². The molecule has 85 heavy (non-hydrogen) atoms. The fourth-order valence-electron chi connectivity index (χ4n) is 11.5. The molecule has 0 radical (unpaired) electrons. The Morgan fingerprint density at radius 1 is 0.635 bits per heavy atom. The molecule has 4 atom stereocenters. The summed E-state index contributed by atoms with van der Waals surface area (Å²) in [7, 11) is 4.73. The Bertz CT molecular complexity index is 3430. The SMILES string of the molecule is COc1cc2c(cc1Br)CC(Cc1ccc(C(C)(O)C(F)(F)F)nc1)C2=O.COc1cc2c(cc1N1CCNCC1)CC(Cc1ncccc1C(F)(F)F)C2=O.COc1cc2c(cc1N1CCOCC1)CC(Cc1cncc(C(C)(C)O)c1)C2=O. The molecular formula is C63H67BrF6N6O9. The maximum atomic E-state index is 13.3. The van der Waals surface area contributed by atoms with Gasteiger partial charge in [-0.1, -0.05) is 6.07 Å². The molecule has 3 N–H and O–H groups in total. The van der Waals surface area contributed by atoms with E-state index in [1.165, 1.54) is 31.6 Å². The van der Waals surface area contributed by atoms with Crippen molar-refractivity contribution in [2.24, 2.45) is 17.8 Å². The summed E-state index contributed by atoms with van der Waals surface area (Å²) in [6.45, 7) is 10.6. The van der Waals surface area contributed by atoms with Crippen molar-refractivity contribution in [2.75, 3.05) is 83.6 Å². The van der Waals surface area contributed by atoms with E-state index in [1.54, 1.807) is 52.6 Å². The molecule has 3 aliphatic carbocycles. The molecule has 2 saturated heterocycles. The highest BCUT2D eigenvalue weighted by Gasteiger charge is 2.52. The van der Waals surface area contributed by atoms with Crippen molar-refractivity contribution in [2.45, 2.75) is 82.9 Å². The van der Waals surface area contributed by atoms with Crippen LogP contribution in [-0.4, -0.2) is 123 Å². The number of methoxy groups -OCH3 is 3. The summed E-state index contributed by atoms with van der Waals surface area (Å²) in [4.78, 5) is 55.1. The van der Waals surface area contributed by atoms with Crippen molar-refractivity contribution in [3.8, 4) is 17.2 Å². The number of hydrogen-bond acceptors (Lipinski definition) is 15. The van der Waals surface area contributed by atoms with Crippen LogP contribution in [0, 0.1) is 17.8 Å². The Balaban J connectivity index is 0.000000153. The molecule has 3 aromatic heterocycles. The van der Waals surface area contributed by atoms with Gasteiger partial charge in [0.1, 0.15) is 17.2 Å². The molecular weight excluding hydrogens is 1180 g/mol. The van der Waals surface area contributed by atoms with Gasteiger partial charge in [-0.15, -0.1) is 0 Å². The Morgan fingerprint density at radius 3 is 1.66 bits per heavy atom. The highest BCUT2D eigenvalue weighted by Crippen LogP contribution is 2.43. The van der Waals surface area contributed by atoms with Gasteiger partial charge in [-0.25, -0.2) is 0 Å². The lowest BCUT2D eigenvalue weighted by Gasteiger charge is -2.31. The molecule has 452 valence electrons. The number of halogens is 7. The summed E-state index contributed by atoms with van der Waals surface area (Å²) >= 11 is 3.40. The average Bonchev–Trinajstić information content (AvgIpc) is 2.38. The number of fused-ring (bicyclic) bond motifs is 3. The summed E-state index contributed by atoms with van der Waals surface area (Å²) in [5.41, 5.74) is 3.75. The normalized spacial score (nSPS) is 19.2. The summed E-state index contributed by atoms with van der Waals surface area (Å²) in [6.07, 6.45) is -0.645. The molecule has 5 heterocycles. The molecule has 22 heteroatoms. The van der Waals surface area contributed by atoms with Gasteiger partial charge in [0.25, 0.3) is 0 Å². The van der Waals surface area contributed by atoms with Crippen molar-refractivity contribution < 1.29 is 69.9 Å². The first kappa shape index (κ1) is 62.5. The van der Waals surface area contributed by atoms with Crippen molar-refractivity contribution in [3.05, 3.63) is 163 Å². The zero-order valence-corrected chi connectivity index (χ0v) is 49.5. The zero-order valence-electron chi connectivity index (χ0n) is 47.9. The van der Waals surface area contributed by atoms with Gasteiger partial charge >= 0.3 is 12.4 Å². The largest absolute Gasteiger partial charge is 0.496 e. The van der Waals surface area contributed by atoms with Crippen molar-refractivity contribution in [1.29, 1.82) is 0 Å². The summed E-state index contributed by atoms with van der Waals surface area (Å²) in [5.74, 6) is 0.931. The van der Waals surface area contributed by atoms with Crippen LogP contribution in [0.4, 0.5) is 37.7 Å². The fourth-order valence-corrected chi connectivity index (χ4v) is 12.1. The van der Waals surface area contributed by atoms with E-state index < -0.39 is 40.7 Å². The quantitative estimate of drug-likeness (QED) is 0.0927. The highest BCUT2D eigenvalue weighted by molar-refractivity contribution is 9.10. The maximum Gasteiger partial charge on any atom is 0.422 e. The number of aliphatic hydroxyl groups is 2. The van der Waals surface area contributed by atoms with E-state index in [0.717, 1.165) is 106 Å². The first-order valence-electron chi connectivity index (χ1n) is 27.9. The number of hydrogen-bond donors (Lipinski definition) is 3. The van der Waals surface area contributed by atoms with Crippen LogP contribution >= 0.6 is 15.9 Å². The van der Waals surface area contributed by atoms with Gasteiger partial charge in [0.05, 0.1) is 72.9 Å². The molecule has 2 fully saturated rings. The third-order valence-corrected chi connectivity index (χ3v) is 16.9. The van der Waals surface area contributed by atoms with Crippen molar-refractivity contribution in [3.63, 3.8) is 0 Å². The standard InChI is InChI=1S/C23H28N2O4.C21H22F3N3O2.C19H17BrF3NO3/c1-23(2,27)18-9-15(13-24-14-18)8-17-10-16-11-20(25-4-6-29-7-5-25)21(28-3)12-19(16)22(17)26;1-29-19-12-15-13(11-18(19)27-7-5-25-6-8-27)9-14(20(15)28)10-17-16(21(22,23)24)3-2-4-26-17;1-18(26,19(21,22)23)16-4-3-10(9-24-16)5-12-6-11-7-14(20)15(27-2)8-13(11)17(12)25/h9,11-14,17,27H,4-8,10H2,1-3H3;2-4,11-12,14,25H,5-10H2,1H3;3-4,7-9,12,26H,5-6H2,1-2H3. The second kappa shape index (κ2) is 25.5. The van der Waals surface area contributed by atoms with E-state index in [2.05, 4.69) is 52.1 Å². The third-order valence-electron chi connectivity index (χ3n) is 16.3. The van der Waals surface area contributed by atoms with E-state index in [9.17, 15) is 50.9 Å². The Morgan fingerprint density at radius 2 is 1.15 bits per heavy atom. The summed E-state index contributed by atoms with van der Waals surface area (Å²) in [5, 5.41) is 23.2. The molecule has 3 aromatic carbocycles. The van der Waals surface area contributed by atoms with Gasteiger partial charge in [-0.3, -0.25) is 29.3 Å². The first-order chi connectivity index (χ1) is 40.3. The Kier molecular flexibility index (Phi) is 18.8. The average molecular weight is 1250 g/mol. The Labute approximate surface area is 497 Å². The molecule has 4 unspecified atom stereocenters. The first-order valence-corrected chi connectivity index (χ1v) is 28.7. The number of aromatic nitrogens is 3. The van der Waals surface area contributed by atoms with Crippen LogP contribution in [0.15, 0.2) is 96.0 Å². The van der Waals surface area contributed by atoms with E-state index in [1.807, 2.05) is 24.3 Å². The minimum absolute atomic E-state index is 0.0258. The third kappa shape index (κ3) is 13.8. The Hall–Kier alpha value is -6.98. The maximum absolute atomic E-state index is 13.3. The number of Topliss-reactive ketones (excluding diaryl/α,β-unsaturated/α-hetero) is 3. The minimum atomic E-state index is -4.82. The summed E-state index contributed by atoms with van der Waals surface area (Å²) < 4.78 is 101. The number of alkyl halides is 6. The number of piperazine rings is 1. The lowest BCUT2D eigenvalue weighted by molar-refractivity contribution is -0.260. The zero-order chi connectivity index (χ0) is 61.2. The van der Waals surface area contributed by atoms with Crippen LogP contribution in [-0.2, 0) is 60.6 Å². The van der Waals surface area contributed by atoms with Crippen LogP contribution in [0.3, 0.4) is 0 Å². The minimum Gasteiger partial charge on any atom is -0.496 e.